The van der Waals surface area contributed by atoms with Crippen LogP contribution in [0.25, 0.3) is 0 Å². The highest BCUT2D eigenvalue weighted by Gasteiger charge is 2.06. The van der Waals surface area contributed by atoms with E-state index in [0.29, 0.717) is 0 Å². The summed E-state index contributed by atoms with van der Waals surface area (Å²) in [5.41, 5.74) is 1.10. The van der Waals surface area contributed by atoms with Gasteiger partial charge in [-0.05, 0) is 24.2 Å². The average Bonchev–Trinajstić information content (AvgIpc) is 2.26. The molecule has 0 spiro atoms. The molecule has 0 aromatic rings. The topological polar surface area (TPSA) is 63.5 Å². The monoisotopic (exact) mass is 239 g/mol. The van der Waals surface area contributed by atoms with E-state index in [9.17, 15) is 4.79 Å². The molecule has 0 N–H and O–H groups in total. The Labute approximate surface area is 101 Å². The van der Waals surface area contributed by atoms with Gasteiger partial charge in [0.15, 0.2) is 0 Å². The van der Waals surface area contributed by atoms with E-state index in [1.54, 1.807) is 13.1 Å². The zero-order chi connectivity index (χ0) is 12.7. The lowest BCUT2D eigenvalue weighted by molar-refractivity contribution is -0.141. The van der Waals surface area contributed by atoms with Gasteiger partial charge in [0.25, 0.3) is 5.90 Å². The summed E-state index contributed by atoms with van der Waals surface area (Å²) in [6.45, 7) is 4.74. The number of carbonyl (C=O) groups excluding carboxylic acids is 1. The summed E-state index contributed by atoms with van der Waals surface area (Å²) in [7, 11) is 2.05. The molecule has 1 aliphatic heterocycles. The fraction of sp³-hybridized carbons (Fsp3) is 0.545. The van der Waals surface area contributed by atoms with Crippen molar-refractivity contribution in [2.75, 3.05) is 20.1 Å². The van der Waals surface area contributed by atoms with Gasteiger partial charge in [0.1, 0.15) is 0 Å². The van der Waals surface area contributed by atoms with Crippen LogP contribution in [0.1, 0.15) is 20.3 Å². The molecule has 0 aromatic carbocycles. The van der Waals surface area contributed by atoms with E-state index in [1.807, 2.05) is 0 Å². The van der Waals surface area contributed by atoms with Gasteiger partial charge in [-0.3, -0.25) is 0 Å². The van der Waals surface area contributed by atoms with Crippen LogP contribution in [0.2, 0.25) is 0 Å². The van der Waals surface area contributed by atoms with Crippen LogP contribution in [0.4, 0.5) is 0 Å². The molecule has 0 radical (unpaired) electrons. The smallest absolute Gasteiger partial charge is 0.332 e. The van der Waals surface area contributed by atoms with Crippen LogP contribution in [0, 0.1) is 0 Å². The first-order chi connectivity index (χ1) is 8.08. The molecule has 0 bridgehead atoms. The number of likely N-dealkylation sites (N-methyl/N-ethyl adjacent to an activating group) is 1. The van der Waals surface area contributed by atoms with Crippen molar-refractivity contribution in [2.24, 2.45) is 10.3 Å². The Morgan fingerprint density at radius 2 is 2.24 bits per heavy atom. The number of rotatable bonds is 3. The Morgan fingerprint density at radius 1 is 1.47 bits per heavy atom. The standard InChI is InChI=1S/C11H17N3O3/c1-9(13-17-10(2)15)16-12-7-11-5-4-6-14(3)8-11/h5,7H,4,6,8H2,1-3H3. The molecule has 1 aliphatic rings. The molecular weight excluding hydrogens is 222 g/mol. The maximum absolute atomic E-state index is 10.5. The maximum Gasteiger partial charge on any atom is 0.332 e. The van der Waals surface area contributed by atoms with Gasteiger partial charge in [0.05, 0.1) is 6.21 Å². The molecule has 0 saturated carbocycles. The summed E-state index contributed by atoms with van der Waals surface area (Å²) in [4.78, 5) is 22.0. The second-order valence-corrected chi connectivity index (χ2v) is 3.82. The van der Waals surface area contributed by atoms with Gasteiger partial charge in [-0.2, -0.15) is 0 Å². The first kappa shape index (κ1) is 13.4. The molecule has 6 heteroatoms. The first-order valence-electron chi connectivity index (χ1n) is 5.38. The molecule has 0 atom stereocenters. The summed E-state index contributed by atoms with van der Waals surface area (Å²) < 4.78 is 0. The molecule has 17 heavy (non-hydrogen) atoms. The molecule has 0 saturated heterocycles. The number of nitrogens with zero attached hydrogens (tertiary/aromatic N) is 3. The molecule has 0 fully saturated rings. The van der Waals surface area contributed by atoms with Crippen LogP contribution in [-0.2, 0) is 14.5 Å². The maximum atomic E-state index is 10.5. The third-order valence-corrected chi connectivity index (χ3v) is 2.08. The minimum absolute atomic E-state index is 0.182. The molecule has 6 nitrogen and oxygen atoms in total. The minimum atomic E-state index is -0.492. The second-order valence-electron chi connectivity index (χ2n) is 3.82. The van der Waals surface area contributed by atoms with Crippen LogP contribution in [0.15, 0.2) is 22.0 Å². The summed E-state index contributed by atoms with van der Waals surface area (Å²) in [5, 5.41) is 7.19. The molecule has 94 valence electrons. The Morgan fingerprint density at radius 3 is 2.88 bits per heavy atom. The summed E-state index contributed by atoms with van der Waals surface area (Å²) in [5.74, 6) is -0.310. The number of carbonyl (C=O) groups is 1. The van der Waals surface area contributed by atoms with Gasteiger partial charge in [-0.1, -0.05) is 11.2 Å². The van der Waals surface area contributed by atoms with Crippen molar-refractivity contribution >= 4 is 18.1 Å². The summed E-state index contributed by atoms with van der Waals surface area (Å²) in [6.07, 6.45) is 4.77. The van der Waals surface area contributed by atoms with Crippen molar-refractivity contribution in [3.63, 3.8) is 0 Å². The van der Waals surface area contributed by atoms with Crippen molar-refractivity contribution in [3.05, 3.63) is 11.6 Å². The van der Waals surface area contributed by atoms with E-state index in [4.69, 9.17) is 4.84 Å². The molecule has 1 rings (SSSR count). The van der Waals surface area contributed by atoms with E-state index in [0.717, 1.165) is 25.1 Å². The van der Waals surface area contributed by atoms with Crippen molar-refractivity contribution in [1.29, 1.82) is 0 Å². The Balaban J connectivity index is 2.37. The highest BCUT2D eigenvalue weighted by atomic mass is 16.7. The highest BCUT2D eigenvalue weighted by molar-refractivity contribution is 5.80. The van der Waals surface area contributed by atoms with Crippen LogP contribution in [0.3, 0.4) is 0 Å². The van der Waals surface area contributed by atoms with E-state index in [2.05, 4.69) is 33.2 Å². The van der Waals surface area contributed by atoms with Gasteiger partial charge >= 0.3 is 5.97 Å². The lowest BCUT2D eigenvalue weighted by Crippen LogP contribution is -2.26. The molecule has 0 aliphatic carbocycles. The van der Waals surface area contributed by atoms with Gasteiger partial charge in [-0.25, -0.2) is 4.79 Å². The van der Waals surface area contributed by atoms with Gasteiger partial charge in [0, 0.05) is 26.9 Å². The third-order valence-electron chi connectivity index (χ3n) is 2.08. The number of oxime groups is 2. The molecule has 0 amide bonds. The van der Waals surface area contributed by atoms with Gasteiger partial charge < -0.3 is 14.6 Å². The Kier molecular flexibility index (Phi) is 5.35. The normalized spacial score (nSPS) is 18.1. The number of hydrogen-bond acceptors (Lipinski definition) is 6. The minimum Gasteiger partial charge on any atom is -0.338 e. The highest BCUT2D eigenvalue weighted by Crippen LogP contribution is 2.05. The van der Waals surface area contributed by atoms with Gasteiger partial charge in [0.2, 0.25) is 0 Å². The largest absolute Gasteiger partial charge is 0.338 e. The fourth-order valence-corrected chi connectivity index (χ4v) is 1.33. The summed E-state index contributed by atoms with van der Waals surface area (Å²) >= 11 is 0. The molecular formula is C11H17N3O3. The quantitative estimate of drug-likeness (QED) is 0.321. The summed E-state index contributed by atoms with van der Waals surface area (Å²) in [6, 6.07) is 0. The molecule has 0 unspecified atom stereocenters. The van der Waals surface area contributed by atoms with Crippen molar-refractivity contribution < 1.29 is 14.5 Å². The molecule has 1 heterocycles. The second kappa shape index (κ2) is 6.80. The van der Waals surface area contributed by atoms with Crippen LogP contribution >= 0.6 is 0 Å². The predicted octanol–water partition coefficient (Wildman–Crippen LogP) is 1.15. The van der Waals surface area contributed by atoms with E-state index in [-0.39, 0.29) is 5.90 Å². The van der Waals surface area contributed by atoms with Gasteiger partial charge in [-0.15, -0.1) is 0 Å². The van der Waals surface area contributed by atoms with E-state index in [1.165, 1.54) is 6.92 Å². The van der Waals surface area contributed by atoms with E-state index < -0.39 is 5.97 Å². The average molecular weight is 239 g/mol. The van der Waals surface area contributed by atoms with Crippen LogP contribution in [0.5, 0.6) is 0 Å². The SMILES string of the molecule is CC(=O)ON=C(C)ON=CC1=CCCN(C)C1. The van der Waals surface area contributed by atoms with Crippen molar-refractivity contribution in [3.8, 4) is 0 Å². The molecule has 0 aromatic heterocycles. The lowest BCUT2D eigenvalue weighted by atomic mass is 10.1. The van der Waals surface area contributed by atoms with Crippen molar-refractivity contribution in [2.45, 2.75) is 20.3 Å². The Hall–Kier alpha value is -1.69. The van der Waals surface area contributed by atoms with Crippen molar-refractivity contribution in [1.82, 2.24) is 4.90 Å². The zero-order valence-corrected chi connectivity index (χ0v) is 10.3. The number of hydrogen-bond donors (Lipinski definition) is 0. The lowest BCUT2D eigenvalue weighted by Gasteiger charge is -2.20. The Bertz CT molecular complexity index is 361. The first-order valence-corrected chi connectivity index (χ1v) is 5.38. The third kappa shape index (κ3) is 5.82. The predicted molar refractivity (Wildman–Crippen MR) is 64.6 cm³/mol. The fourth-order valence-electron chi connectivity index (χ4n) is 1.33. The zero-order valence-electron chi connectivity index (χ0n) is 10.3. The van der Waals surface area contributed by atoms with Crippen LogP contribution < -0.4 is 0 Å². The van der Waals surface area contributed by atoms with Crippen LogP contribution in [-0.4, -0.2) is 43.1 Å². The van der Waals surface area contributed by atoms with E-state index >= 15 is 0 Å².